The van der Waals surface area contributed by atoms with Gasteiger partial charge < -0.3 is 4.74 Å². The van der Waals surface area contributed by atoms with Gasteiger partial charge in [0.2, 0.25) is 0 Å². The highest BCUT2D eigenvalue weighted by Crippen LogP contribution is 2.33. The van der Waals surface area contributed by atoms with Gasteiger partial charge in [-0.3, -0.25) is 9.80 Å². The van der Waals surface area contributed by atoms with E-state index in [2.05, 4.69) is 17.9 Å². The van der Waals surface area contributed by atoms with Gasteiger partial charge in [0.1, 0.15) is 11.4 Å². The van der Waals surface area contributed by atoms with Gasteiger partial charge in [-0.15, -0.1) is 0 Å². The molecule has 0 bridgehead atoms. The summed E-state index contributed by atoms with van der Waals surface area (Å²) in [7, 11) is 0. The molecule has 2 fully saturated rings. The zero-order valence-corrected chi connectivity index (χ0v) is 17.4. The molecule has 1 saturated heterocycles. The van der Waals surface area contributed by atoms with Crippen LogP contribution in [0.2, 0.25) is 0 Å². The average Bonchev–Trinajstić information content (AvgIpc) is 3.15. The largest absolute Gasteiger partial charge is 0.443 e. The molecular weight excluding hydrogens is 338 g/mol. The Morgan fingerprint density at radius 1 is 1.19 bits per heavy atom. The van der Waals surface area contributed by atoms with Crippen molar-refractivity contribution in [3.05, 3.63) is 23.9 Å². The van der Waals surface area contributed by atoms with Gasteiger partial charge in [-0.2, -0.15) is 0 Å². The van der Waals surface area contributed by atoms with Crippen molar-refractivity contribution < 1.29 is 9.53 Å². The predicted octanol–water partition coefficient (Wildman–Crippen LogP) is 5.31. The second-order valence-electron chi connectivity index (χ2n) is 8.88. The van der Waals surface area contributed by atoms with Gasteiger partial charge in [-0.05, 0) is 71.2 Å². The molecule has 0 unspecified atom stereocenters. The minimum absolute atomic E-state index is 0.194. The summed E-state index contributed by atoms with van der Waals surface area (Å²) in [6.07, 6.45) is 9.81. The van der Waals surface area contributed by atoms with Crippen molar-refractivity contribution in [3.8, 4) is 0 Å². The molecule has 2 heterocycles. The van der Waals surface area contributed by atoms with Gasteiger partial charge in [-0.25, -0.2) is 9.78 Å². The van der Waals surface area contributed by atoms with Crippen LogP contribution in [0.5, 0.6) is 0 Å². The second-order valence-corrected chi connectivity index (χ2v) is 8.88. The zero-order valence-electron chi connectivity index (χ0n) is 17.4. The summed E-state index contributed by atoms with van der Waals surface area (Å²) in [5, 5.41) is 0. The molecule has 1 aliphatic heterocycles. The van der Waals surface area contributed by atoms with Crippen molar-refractivity contribution in [1.29, 1.82) is 0 Å². The summed E-state index contributed by atoms with van der Waals surface area (Å²) < 4.78 is 5.69. The maximum atomic E-state index is 12.9. The fraction of sp³-hybridized carbons (Fsp3) is 0.727. The lowest BCUT2D eigenvalue weighted by Gasteiger charge is -2.35. The standard InChI is InChI=1S/C22H35N3O2/c1-5-24-15-9-8-12-19(24)17-13-14-20(23-16-17)25(18-10-6-7-11-18)21(26)27-22(2,3)4/h13-14,16,18-19H,5-12,15H2,1-4H3/t19-/m0/s1. The van der Waals surface area contributed by atoms with E-state index >= 15 is 0 Å². The molecule has 2 aliphatic rings. The minimum atomic E-state index is -0.502. The van der Waals surface area contributed by atoms with Crippen molar-refractivity contribution in [2.24, 2.45) is 0 Å². The number of amides is 1. The lowest BCUT2D eigenvalue weighted by Crippen LogP contribution is -2.43. The van der Waals surface area contributed by atoms with Gasteiger partial charge in [0.25, 0.3) is 0 Å². The van der Waals surface area contributed by atoms with Crippen LogP contribution in [0.4, 0.5) is 10.6 Å². The van der Waals surface area contributed by atoms with Crippen molar-refractivity contribution in [1.82, 2.24) is 9.88 Å². The normalized spacial score (nSPS) is 22.0. The summed E-state index contributed by atoms with van der Waals surface area (Å²) in [5.74, 6) is 0.721. The molecule has 1 saturated carbocycles. The Hall–Kier alpha value is -1.62. The molecule has 1 aliphatic carbocycles. The number of hydrogen-bond acceptors (Lipinski definition) is 4. The Labute approximate surface area is 164 Å². The predicted molar refractivity (Wildman–Crippen MR) is 109 cm³/mol. The highest BCUT2D eigenvalue weighted by Gasteiger charge is 2.32. The van der Waals surface area contributed by atoms with E-state index in [9.17, 15) is 4.79 Å². The summed E-state index contributed by atoms with van der Waals surface area (Å²) in [6.45, 7) is 10.2. The molecule has 0 spiro atoms. The van der Waals surface area contributed by atoms with Crippen LogP contribution in [-0.4, -0.2) is 40.7 Å². The molecule has 150 valence electrons. The van der Waals surface area contributed by atoms with E-state index in [1.807, 2.05) is 33.0 Å². The van der Waals surface area contributed by atoms with Crippen LogP contribution in [0.1, 0.15) is 84.2 Å². The monoisotopic (exact) mass is 373 g/mol. The Morgan fingerprint density at radius 3 is 2.48 bits per heavy atom. The number of pyridine rings is 1. The number of aromatic nitrogens is 1. The van der Waals surface area contributed by atoms with Gasteiger partial charge >= 0.3 is 6.09 Å². The highest BCUT2D eigenvalue weighted by molar-refractivity contribution is 5.87. The number of nitrogens with zero attached hydrogens (tertiary/aromatic N) is 3. The Bertz CT molecular complexity index is 617. The highest BCUT2D eigenvalue weighted by atomic mass is 16.6. The first-order valence-electron chi connectivity index (χ1n) is 10.6. The fourth-order valence-corrected chi connectivity index (χ4v) is 4.39. The van der Waals surface area contributed by atoms with Gasteiger partial charge in [-0.1, -0.05) is 32.3 Å². The van der Waals surface area contributed by atoms with Crippen LogP contribution < -0.4 is 4.90 Å². The average molecular weight is 374 g/mol. The number of anilines is 1. The molecule has 1 amide bonds. The van der Waals surface area contributed by atoms with E-state index in [0.29, 0.717) is 6.04 Å². The van der Waals surface area contributed by atoms with E-state index in [4.69, 9.17) is 9.72 Å². The Kier molecular flexibility index (Phi) is 6.40. The molecule has 27 heavy (non-hydrogen) atoms. The lowest BCUT2D eigenvalue weighted by atomic mass is 9.96. The number of carbonyl (C=O) groups is 1. The van der Waals surface area contributed by atoms with Crippen LogP contribution in [-0.2, 0) is 4.74 Å². The smallest absolute Gasteiger partial charge is 0.416 e. The van der Waals surface area contributed by atoms with Crippen molar-refractivity contribution >= 4 is 11.9 Å². The molecule has 0 aromatic carbocycles. The number of rotatable bonds is 4. The van der Waals surface area contributed by atoms with Crippen LogP contribution >= 0.6 is 0 Å². The maximum absolute atomic E-state index is 12.9. The zero-order chi connectivity index (χ0) is 19.4. The number of piperidine rings is 1. The van der Waals surface area contributed by atoms with Crippen molar-refractivity contribution in [3.63, 3.8) is 0 Å². The first-order chi connectivity index (χ1) is 12.9. The molecule has 5 heteroatoms. The van der Waals surface area contributed by atoms with E-state index in [-0.39, 0.29) is 12.1 Å². The topological polar surface area (TPSA) is 45.7 Å². The van der Waals surface area contributed by atoms with Crippen LogP contribution in [0.25, 0.3) is 0 Å². The summed E-state index contributed by atoms with van der Waals surface area (Å²) in [4.78, 5) is 21.9. The van der Waals surface area contributed by atoms with E-state index < -0.39 is 5.60 Å². The molecular formula is C22H35N3O2. The van der Waals surface area contributed by atoms with Crippen LogP contribution in [0, 0.1) is 0 Å². The van der Waals surface area contributed by atoms with E-state index in [0.717, 1.165) is 44.6 Å². The molecule has 1 aromatic rings. The molecule has 1 aromatic heterocycles. The molecule has 0 N–H and O–H groups in total. The number of likely N-dealkylation sites (tertiary alicyclic amines) is 1. The summed E-state index contributed by atoms with van der Waals surface area (Å²) in [5.41, 5.74) is 0.758. The second kappa shape index (κ2) is 8.59. The van der Waals surface area contributed by atoms with Gasteiger partial charge in [0.05, 0.1) is 0 Å². The van der Waals surface area contributed by atoms with E-state index in [1.165, 1.54) is 24.8 Å². The van der Waals surface area contributed by atoms with Gasteiger partial charge in [0, 0.05) is 18.3 Å². The minimum Gasteiger partial charge on any atom is -0.443 e. The van der Waals surface area contributed by atoms with Crippen molar-refractivity contribution in [2.45, 2.75) is 90.3 Å². The molecule has 0 radical (unpaired) electrons. The van der Waals surface area contributed by atoms with Gasteiger partial charge in [0.15, 0.2) is 0 Å². The fourth-order valence-electron chi connectivity index (χ4n) is 4.39. The Balaban J connectivity index is 1.81. The quantitative estimate of drug-likeness (QED) is 0.717. The van der Waals surface area contributed by atoms with Crippen LogP contribution in [0.15, 0.2) is 18.3 Å². The first-order valence-corrected chi connectivity index (χ1v) is 10.6. The third kappa shape index (κ3) is 5.01. The van der Waals surface area contributed by atoms with Crippen LogP contribution in [0.3, 0.4) is 0 Å². The third-order valence-corrected chi connectivity index (χ3v) is 5.70. The first kappa shape index (κ1) is 20.1. The molecule has 5 nitrogen and oxygen atoms in total. The number of ether oxygens (including phenoxy) is 1. The SMILES string of the molecule is CCN1CCCC[C@H]1c1ccc(N(C(=O)OC(C)(C)C)C2CCCC2)nc1. The number of carbonyl (C=O) groups excluding carboxylic acids is 1. The summed E-state index contributed by atoms with van der Waals surface area (Å²) in [6, 6.07) is 4.82. The third-order valence-electron chi connectivity index (χ3n) is 5.70. The van der Waals surface area contributed by atoms with E-state index in [1.54, 1.807) is 4.90 Å². The molecule has 3 rings (SSSR count). The maximum Gasteiger partial charge on any atom is 0.416 e. The summed E-state index contributed by atoms with van der Waals surface area (Å²) >= 11 is 0. The molecule has 1 atom stereocenters. The van der Waals surface area contributed by atoms with Crippen molar-refractivity contribution in [2.75, 3.05) is 18.0 Å². The Morgan fingerprint density at radius 2 is 1.89 bits per heavy atom. The lowest BCUT2D eigenvalue weighted by molar-refractivity contribution is 0.0564. The number of hydrogen-bond donors (Lipinski definition) is 0.